The number of aliphatic hydroxyl groups is 1. The van der Waals surface area contributed by atoms with Gasteiger partial charge in [-0.3, -0.25) is 4.79 Å². The summed E-state index contributed by atoms with van der Waals surface area (Å²) in [4.78, 5) is 14.9. The third-order valence-electron chi connectivity index (χ3n) is 3.32. The lowest BCUT2D eigenvalue weighted by Gasteiger charge is -2.04. The maximum atomic E-state index is 11.9. The molecule has 102 valence electrons. The minimum absolute atomic E-state index is 0.0167. The third-order valence-corrected chi connectivity index (χ3v) is 3.32. The average Bonchev–Trinajstić information content (AvgIpc) is 2.43. The van der Waals surface area contributed by atoms with E-state index < -0.39 is 0 Å². The van der Waals surface area contributed by atoms with Gasteiger partial charge >= 0.3 is 0 Å². The second kappa shape index (κ2) is 6.50. The van der Waals surface area contributed by atoms with Crippen molar-refractivity contribution in [2.75, 3.05) is 13.2 Å². The Hall–Kier alpha value is -1.65. The number of nitrogens with two attached hydrogens (primary N) is 1. The largest absolute Gasteiger partial charge is 0.396 e. The fourth-order valence-electron chi connectivity index (χ4n) is 2.17. The summed E-state index contributed by atoms with van der Waals surface area (Å²) in [5, 5.41) is 11.9. The lowest BCUT2D eigenvalue weighted by atomic mass is 10.1. The summed E-state index contributed by atoms with van der Waals surface area (Å²) in [7, 11) is 0. The van der Waals surface area contributed by atoms with Crippen molar-refractivity contribution in [1.82, 2.24) is 4.98 Å². The number of rotatable bonds is 6. The lowest BCUT2D eigenvalue weighted by Crippen LogP contribution is -2.83. The fraction of sp³-hybridized carbons (Fsp3) is 0.400. The predicted molar refractivity (Wildman–Crippen MR) is 76.1 cm³/mol. The predicted octanol–water partition coefficient (Wildman–Crippen LogP) is 0.536. The summed E-state index contributed by atoms with van der Waals surface area (Å²) < 4.78 is 0. The van der Waals surface area contributed by atoms with E-state index in [1.54, 1.807) is 0 Å². The highest BCUT2D eigenvalue weighted by Gasteiger charge is 2.05. The number of fused-ring (bicyclic) bond motifs is 1. The number of aliphatic hydroxyl groups excluding tert-OH is 1. The number of pyridine rings is 1. The van der Waals surface area contributed by atoms with Crippen LogP contribution in [0.3, 0.4) is 0 Å². The van der Waals surface area contributed by atoms with Crippen LogP contribution in [0.2, 0.25) is 0 Å². The zero-order valence-corrected chi connectivity index (χ0v) is 11.3. The Bertz CT molecular complexity index is 605. The van der Waals surface area contributed by atoms with Gasteiger partial charge in [0, 0.05) is 18.5 Å². The molecule has 0 radical (unpaired) electrons. The van der Waals surface area contributed by atoms with Crippen molar-refractivity contribution in [3.05, 3.63) is 45.7 Å². The van der Waals surface area contributed by atoms with E-state index in [-0.39, 0.29) is 12.2 Å². The lowest BCUT2D eigenvalue weighted by molar-refractivity contribution is -0.671. The molecule has 0 saturated carbocycles. The Morgan fingerprint density at radius 2 is 2.16 bits per heavy atom. The molecule has 0 bridgehead atoms. The Kier molecular flexibility index (Phi) is 4.71. The molecule has 2 rings (SSSR count). The molecule has 0 spiro atoms. The van der Waals surface area contributed by atoms with Crippen LogP contribution >= 0.6 is 0 Å². The van der Waals surface area contributed by atoms with E-state index in [0.717, 1.165) is 35.9 Å². The van der Waals surface area contributed by atoms with Crippen LogP contribution in [-0.2, 0) is 13.0 Å². The van der Waals surface area contributed by atoms with Gasteiger partial charge in [-0.15, -0.1) is 0 Å². The number of benzene rings is 1. The summed E-state index contributed by atoms with van der Waals surface area (Å²) in [5.41, 5.74) is 2.94. The molecule has 4 N–H and O–H groups in total. The van der Waals surface area contributed by atoms with Gasteiger partial charge in [-0.1, -0.05) is 13.0 Å². The first-order chi connectivity index (χ1) is 9.24. The van der Waals surface area contributed by atoms with E-state index in [4.69, 9.17) is 5.11 Å². The third kappa shape index (κ3) is 3.43. The number of aromatic nitrogens is 1. The van der Waals surface area contributed by atoms with Crippen LogP contribution in [0.4, 0.5) is 0 Å². The molecule has 4 nitrogen and oxygen atoms in total. The molecule has 2 aromatic rings. The summed E-state index contributed by atoms with van der Waals surface area (Å²) in [5.74, 6) is 0. The average molecular weight is 261 g/mol. The molecule has 0 amide bonds. The molecule has 0 aliphatic rings. The molecule has 1 heterocycles. The zero-order valence-electron chi connectivity index (χ0n) is 11.3. The van der Waals surface area contributed by atoms with Gasteiger partial charge in [0.15, 0.2) is 0 Å². The molecule has 1 aromatic heterocycles. The Labute approximate surface area is 112 Å². The fourth-order valence-corrected chi connectivity index (χ4v) is 2.17. The van der Waals surface area contributed by atoms with Crippen molar-refractivity contribution < 1.29 is 10.4 Å². The van der Waals surface area contributed by atoms with Crippen LogP contribution in [0.15, 0.2) is 29.1 Å². The smallest absolute Gasteiger partial charge is 0.257 e. The van der Waals surface area contributed by atoms with Gasteiger partial charge in [-0.05, 0) is 35.6 Å². The van der Waals surface area contributed by atoms with Crippen molar-refractivity contribution in [3.8, 4) is 0 Å². The van der Waals surface area contributed by atoms with Gasteiger partial charge in [0.05, 0.1) is 12.1 Å². The Balaban J connectivity index is 2.23. The SMILES string of the molecule is CCc1ccc2[nH]c(=O)c(C[NH2+]CCCO)cc2c1. The molecule has 19 heavy (non-hydrogen) atoms. The number of nitrogens with one attached hydrogen (secondary N) is 1. The van der Waals surface area contributed by atoms with Gasteiger partial charge in [0.1, 0.15) is 6.54 Å². The van der Waals surface area contributed by atoms with E-state index in [0.29, 0.717) is 6.54 Å². The molecular weight excluding hydrogens is 240 g/mol. The van der Waals surface area contributed by atoms with Crippen LogP contribution in [0.5, 0.6) is 0 Å². The highest BCUT2D eigenvalue weighted by molar-refractivity contribution is 5.79. The van der Waals surface area contributed by atoms with Gasteiger partial charge in [-0.2, -0.15) is 0 Å². The standard InChI is InChI=1S/C15H20N2O2/c1-2-11-4-5-14-12(8-11)9-13(15(19)17-14)10-16-6-3-7-18/h4-5,8-9,16,18H,2-3,6-7,10H2,1H3,(H,17,19)/p+1. The van der Waals surface area contributed by atoms with E-state index in [2.05, 4.69) is 23.3 Å². The Morgan fingerprint density at radius 1 is 1.32 bits per heavy atom. The topological polar surface area (TPSA) is 69.7 Å². The monoisotopic (exact) mass is 261 g/mol. The summed E-state index contributed by atoms with van der Waals surface area (Å²) in [6.07, 6.45) is 1.75. The molecular formula is C15H21N2O2+. The zero-order chi connectivity index (χ0) is 13.7. The minimum atomic E-state index is -0.0167. The van der Waals surface area contributed by atoms with Crippen LogP contribution in [0.1, 0.15) is 24.5 Å². The summed E-state index contributed by atoms with van der Waals surface area (Å²) in [6.45, 7) is 3.81. The second-order valence-electron chi connectivity index (χ2n) is 4.76. The van der Waals surface area contributed by atoms with Gasteiger partial charge in [0.25, 0.3) is 5.56 Å². The van der Waals surface area contributed by atoms with Crippen molar-refractivity contribution in [2.45, 2.75) is 26.3 Å². The molecule has 0 saturated heterocycles. The number of hydrogen-bond donors (Lipinski definition) is 3. The maximum absolute atomic E-state index is 11.9. The first-order valence-corrected chi connectivity index (χ1v) is 6.82. The van der Waals surface area contributed by atoms with Crippen molar-refractivity contribution in [2.24, 2.45) is 0 Å². The molecule has 4 heteroatoms. The molecule has 0 aliphatic heterocycles. The molecule has 0 aliphatic carbocycles. The van der Waals surface area contributed by atoms with E-state index in [1.807, 2.05) is 18.2 Å². The highest BCUT2D eigenvalue weighted by atomic mass is 16.3. The van der Waals surface area contributed by atoms with Gasteiger partial charge in [0.2, 0.25) is 0 Å². The number of aromatic amines is 1. The number of H-pyrrole nitrogens is 1. The number of quaternary nitrogens is 1. The molecule has 1 aromatic carbocycles. The second-order valence-corrected chi connectivity index (χ2v) is 4.76. The van der Waals surface area contributed by atoms with Gasteiger partial charge < -0.3 is 15.4 Å². The van der Waals surface area contributed by atoms with E-state index in [9.17, 15) is 4.79 Å². The van der Waals surface area contributed by atoms with Crippen molar-refractivity contribution in [3.63, 3.8) is 0 Å². The Morgan fingerprint density at radius 3 is 2.89 bits per heavy atom. The molecule has 0 unspecified atom stereocenters. The van der Waals surface area contributed by atoms with Crippen LogP contribution in [0, 0.1) is 0 Å². The number of aryl methyl sites for hydroxylation is 1. The van der Waals surface area contributed by atoms with Crippen LogP contribution < -0.4 is 10.9 Å². The maximum Gasteiger partial charge on any atom is 0.257 e. The first kappa shape index (κ1) is 13.8. The first-order valence-electron chi connectivity index (χ1n) is 6.82. The quantitative estimate of drug-likeness (QED) is 0.664. The van der Waals surface area contributed by atoms with Crippen LogP contribution in [-0.4, -0.2) is 23.2 Å². The van der Waals surface area contributed by atoms with Crippen LogP contribution in [0.25, 0.3) is 10.9 Å². The van der Waals surface area contributed by atoms with E-state index in [1.165, 1.54) is 5.56 Å². The van der Waals surface area contributed by atoms with Gasteiger partial charge in [-0.25, -0.2) is 0 Å². The van der Waals surface area contributed by atoms with E-state index >= 15 is 0 Å². The normalized spacial score (nSPS) is 11.1. The minimum Gasteiger partial charge on any atom is -0.396 e. The van der Waals surface area contributed by atoms with Crippen molar-refractivity contribution in [1.29, 1.82) is 0 Å². The molecule has 0 atom stereocenters. The summed E-state index contributed by atoms with van der Waals surface area (Å²) in [6, 6.07) is 8.12. The summed E-state index contributed by atoms with van der Waals surface area (Å²) >= 11 is 0. The van der Waals surface area contributed by atoms with Crippen molar-refractivity contribution >= 4 is 10.9 Å². The molecule has 0 fully saturated rings. The highest BCUT2D eigenvalue weighted by Crippen LogP contribution is 2.13. The number of hydrogen-bond acceptors (Lipinski definition) is 2.